The summed E-state index contributed by atoms with van der Waals surface area (Å²) in [6.45, 7) is 3.25. The van der Waals surface area contributed by atoms with E-state index in [9.17, 15) is 4.79 Å². The van der Waals surface area contributed by atoms with Gasteiger partial charge >= 0.3 is 0 Å². The van der Waals surface area contributed by atoms with Gasteiger partial charge in [-0.1, -0.05) is 11.8 Å². The van der Waals surface area contributed by atoms with Crippen LogP contribution >= 0.6 is 23.1 Å². The van der Waals surface area contributed by atoms with Crippen LogP contribution in [-0.2, 0) is 17.6 Å². The first kappa shape index (κ1) is 21.0. The molecule has 1 fully saturated rings. The molecular weight excluding hydrogens is 458 g/mol. The molecule has 3 N–H and O–H groups in total. The van der Waals surface area contributed by atoms with Crippen LogP contribution in [0.5, 0.6) is 5.75 Å². The van der Waals surface area contributed by atoms with Gasteiger partial charge in [0.25, 0.3) is 0 Å². The summed E-state index contributed by atoms with van der Waals surface area (Å²) in [5.41, 5.74) is 6.95. The van der Waals surface area contributed by atoms with Gasteiger partial charge in [-0.15, -0.1) is 21.5 Å². The van der Waals surface area contributed by atoms with Gasteiger partial charge in [-0.25, -0.2) is 9.99 Å². The number of rotatable bonds is 6. The molecule has 1 atom stereocenters. The molecule has 0 saturated carbocycles. The van der Waals surface area contributed by atoms with Gasteiger partial charge < -0.3 is 10.1 Å². The van der Waals surface area contributed by atoms with Gasteiger partial charge in [-0.3, -0.25) is 15.1 Å². The maximum Gasteiger partial charge on any atom is 0.249 e. The molecule has 6 rings (SSSR count). The minimum atomic E-state index is -0.0816. The summed E-state index contributed by atoms with van der Waals surface area (Å²) in [6, 6.07) is 7.41. The van der Waals surface area contributed by atoms with Crippen LogP contribution in [0.15, 0.2) is 29.4 Å². The molecular formula is C22H25N7O2S2. The van der Waals surface area contributed by atoms with Gasteiger partial charge in [0.2, 0.25) is 11.9 Å². The SMILES string of the molecule is CCOc1ccc(NC(=O)CSc2nnc3n2-c2sc4c(c2C2NCNN32)CCCC4)cc1. The number of aromatic nitrogens is 3. The fourth-order valence-corrected chi connectivity index (χ4v) is 6.88. The van der Waals surface area contributed by atoms with E-state index in [0.29, 0.717) is 13.3 Å². The third-order valence-electron chi connectivity index (χ3n) is 6.09. The zero-order valence-electron chi connectivity index (χ0n) is 18.3. The number of aryl methyl sites for hydroxylation is 1. The highest BCUT2D eigenvalue weighted by Gasteiger charge is 2.41. The average molecular weight is 484 g/mol. The molecule has 3 aromatic rings. The van der Waals surface area contributed by atoms with Gasteiger partial charge in [0, 0.05) is 16.1 Å². The number of carbonyl (C=O) groups excluding carboxylic acids is 1. The van der Waals surface area contributed by atoms with E-state index in [2.05, 4.69) is 35.8 Å². The van der Waals surface area contributed by atoms with Gasteiger partial charge in [0.15, 0.2) is 5.16 Å². The Balaban J connectivity index is 1.23. The van der Waals surface area contributed by atoms with Crippen LogP contribution in [0.4, 0.5) is 11.6 Å². The Hall–Kier alpha value is -2.60. The number of hydrogen-bond acceptors (Lipinski definition) is 9. The van der Waals surface area contributed by atoms with E-state index >= 15 is 0 Å². The van der Waals surface area contributed by atoms with Crippen molar-refractivity contribution in [3.8, 4) is 10.8 Å². The first-order valence-electron chi connectivity index (χ1n) is 11.2. The molecule has 2 aromatic heterocycles. The second-order valence-corrected chi connectivity index (χ2v) is 10.2. The summed E-state index contributed by atoms with van der Waals surface area (Å²) in [7, 11) is 0. The topological polar surface area (TPSA) is 96.3 Å². The number of amides is 1. The first-order chi connectivity index (χ1) is 16.2. The van der Waals surface area contributed by atoms with E-state index in [1.807, 2.05) is 42.5 Å². The smallest absolute Gasteiger partial charge is 0.249 e. The molecule has 0 radical (unpaired) electrons. The molecule has 172 valence electrons. The number of fused-ring (bicyclic) bond motifs is 8. The Kier molecular flexibility index (Phi) is 5.49. The molecule has 1 aliphatic carbocycles. The summed E-state index contributed by atoms with van der Waals surface area (Å²) in [6.07, 6.45) is 4.82. The van der Waals surface area contributed by atoms with E-state index in [4.69, 9.17) is 4.74 Å². The monoisotopic (exact) mass is 483 g/mol. The van der Waals surface area contributed by atoms with Crippen molar-refractivity contribution in [2.45, 2.75) is 43.9 Å². The van der Waals surface area contributed by atoms with Crippen LogP contribution < -0.4 is 25.8 Å². The van der Waals surface area contributed by atoms with Crippen LogP contribution in [-0.4, -0.2) is 39.7 Å². The molecule has 0 spiro atoms. The molecule has 9 nitrogen and oxygen atoms in total. The van der Waals surface area contributed by atoms with Crippen molar-refractivity contribution in [1.29, 1.82) is 0 Å². The molecule has 1 saturated heterocycles. The number of thiophene rings is 1. The van der Waals surface area contributed by atoms with E-state index in [0.717, 1.165) is 35.4 Å². The summed E-state index contributed by atoms with van der Waals surface area (Å²) in [5, 5.41) is 19.4. The number of thioether (sulfide) groups is 1. The second kappa shape index (κ2) is 8.64. The number of hydrazine groups is 1. The molecule has 33 heavy (non-hydrogen) atoms. The normalized spacial score (nSPS) is 18.3. The largest absolute Gasteiger partial charge is 0.494 e. The number of benzene rings is 1. The van der Waals surface area contributed by atoms with Crippen LogP contribution in [0, 0.1) is 0 Å². The predicted molar refractivity (Wildman–Crippen MR) is 129 cm³/mol. The Bertz CT molecular complexity index is 1190. The maximum atomic E-state index is 12.6. The summed E-state index contributed by atoms with van der Waals surface area (Å²) >= 11 is 3.26. The number of nitrogens with zero attached hydrogens (tertiary/aromatic N) is 4. The maximum absolute atomic E-state index is 12.6. The lowest BCUT2D eigenvalue weighted by molar-refractivity contribution is -0.113. The zero-order valence-corrected chi connectivity index (χ0v) is 19.9. The fourth-order valence-electron chi connectivity index (χ4n) is 4.67. The van der Waals surface area contributed by atoms with Gasteiger partial charge in [0.05, 0.1) is 19.0 Å². The van der Waals surface area contributed by atoms with Crippen molar-refractivity contribution < 1.29 is 9.53 Å². The molecule has 11 heteroatoms. The third kappa shape index (κ3) is 3.68. The molecule has 3 aliphatic rings. The Morgan fingerprint density at radius 2 is 2.12 bits per heavy atom. The Morgan fingerprint density at radius 1 is 1.27 bits per heavy atom. The van der Waals surface area contributed by atoms with Gasteiger partial charge in [0.1, 0.15) is 16.9 Å². The molecule has 1 unspecified atom stereocenters. The third-order valence-corrected chi connectivity index (χ3v) is 8.31. The van der Waals surface area contributed by atoms with Crippen molar-refractivity contribution >= 4 is 40.6 Å². The van der Waals surface area contributed by atoms with Gasteiger partial charge in [-0.2, -0.15) is 0 Å². The zero-order chi connectivity index (χ0) is 22.4. The van der Waals surface area contributed by atoms with Crippen molar-refractivity contribution in [3.05, 3.63) is 40.3 Å². The quantitative estimate of drug-likeness (QED) is 0.460. The fraction of sp³-hybridized carbons (Fsp3) is 0.409. The first-order valence-corrected chi connectivity index (χ1v) is 13.0. The summed E-state index contributed by atoms with van der Waals surface area (Å²) in [5.74, 6) is 1.73. The predicted octanol–water partition coefficient (Wildman–Crippen LogP) is 3.22. The van der Waals surface area contributed by atoms with Crippen LogP contribution in [0.3, 0.4) is 0 Å². The van der Waals surface area contributed by atoms with E-state index in [1.165, 1.54) is 45.6 Å². The lowest BCUT2D eigenvalue weighted by atomic mass is 9.94. The van der Waals surface area contributed by atoms with Crippen molar-refractivity contribution in [2.24, 2.45) is 0 Å². The molecule has 1 aromatic carbocycles. The highest BCUT2D eigenvalue weighted by molar-refractivity contribution is 7.99. The highest BCUT2D eigenvalue weighted by Crippen LogP contribution is 2.47. The Labute approximate surface area is 199 Å². The highest BCUT2D eigenvalue weighted by atomic mass is 32.2. The average Bonchev–Trinajstić information content (AvgIpc) is 3.55. The van der Waals surface area contributed by atoms with Gasteiger partial charge in [-0.05, 0) is 62.4 Å². The van der Waals surface area contributed by atoms with Crippen LogP contribution in [0.25, 0.3) is 5.00 Å². The summed E-state index contributed by atoms with van der Waals surface area (Å²) in [4.78, 5) is 14.1. The minimum absolute atomic E-state index is 0.0793. The van der Waals surface area contributed by atoms with Crippen molar-refractivity contribution in [1.82, 2.24) is 25.5 Å². The minimum Gasteiger partial charge on any atom is -0.494 e. The van der Waals surface area contributed by atoms with Crippen LogP contribution in [0.2, 0.25) is 0 Å². The number of ether oxygens (including phenoxy) is 1. The molecule has 2 aliphatic heterocycles. The van der Waals surface area contributed by atoms with E-state index in [1.54, 1.807) is 0 Å². The number of anilines is 2. The summed E-state index contributed by atoms with van der Waals surface area (Å²) < 4.78 is 7.57. The van der Waals surface area contributed by atoms with E-state index < -0.39 is 0 Å². The standard InChI is InChI=1S/C22H25N7O2S2/c1-2-31-14-9-7-13(8-10-14)25-17(30)11-32-22-27-26-21-28(22)20-18(19-23-12-24-29(19)21)15-5-3-4-6-16(15)33-20/h7-10,19,23-24H,2-6,11-12H2,1H3,(H,25,30). The van der Waals surface area contributed by atoms with Crippen LogP contribution in [0.1, 0.15) is 41.9 Å². The number of hydrogen-bond donors (Lipinski definition) is 3. The molecule has 4 heterocycles. The lowest BCUT2D eigenvalue weighted by Crippen LogP contribution is -2.39. The molecule has 1 amide bonds. The van der Waals surface area contributed by atoms with Crippen molar-refractivity contribution in [2.75, 3.05) is 29.4 Å². The van der Waals surface area contributed by atoms with Crippen molar-refractivity contribution in [3.63, 3.8) is 0 Å². The number of nitrogens with one attached hydrogen (secondary N) is 3. The lowest BCUT2D eigenvalue weighted by Gasteiger charge is -2.31. The molecule has 0 bridgehead atoms. The van der Waals surface area contributed by atoms with E-state index in [-0.39, 0.29) is 17.8 Å². The Morgan fingerprint density at radius 3 is 2.97 bits per heavy atom. The number of carbonyl (C=O) groups is 1. The second-order valence-electron chi connectivity index (χ2n) is 8.15.